The first-order valence-electron chi connectivity index (χ1n) is 6.43. The second-order valence-electron chi connectivity index (χ2n) is 4.32. The molecule has 0 fully saturated rings. The van der Waals surface area contributed by atoms with Crippen LogP contribution in [0.4, 0.5) is 4.39 Å². The van der Waals surface area contributed by atoms with Crippen LogP contribution in [0.3, 0.4) is 0 Å². The number of benzene rings is 1. The van der Waals surface area contributed by atoms with Gasteiger partial charge in [0, 0.05) is 31.3 Å². The van der Waals surface area contributed by atoms with E-state index < -0.39 is 5.82 Å². The fourth-order valence-electron chi connectivity index (χ4n) is 1.63. The van der Waals surface area contributed by atoms with Crippen LogP contribution in [-0.2, 0) is 9.53 Å². The Bertz CT molecular complexity index is 440. The number of hydrogen-bond acceptors (Lipinski definition) is 4. The summed E-state index contributed by atoms with van der Waals surface area (Å²) in [7, 11) is 3.36. The largest absolute Gasteiger partial charge is 0.483 e. The van der Waals surface area contributed by atoms with Gasteiger partial charge in [-0.15, -0.1) is 0 Å². The van der Waals surface area contributed by atoms with E-state index in [4.69, 9.17) is 9.47 Å². The standard InChI is InChI=1S/C14H21FN2O3/c1-10(16-2)12-5-4-11(15)8-13(12)20-9-14(18)17-6-7-19-3/h4-5,8,10,16H,6-7,9H2,1-3H3,(H,17,18). The zero-order chi connectivity index (χ0) is 15.0. The number of ether oxygens (including phenoxy) is 2. The molecular weight excluding hydrogens is 263 g/mol. The summed E-state index contributed by atoms with van der Waals surface area (Å²) in [5.74, 6) is -0.296. The lowest BCUT2D eigenvalue weighted by atomic mass is 10.1. The van der Waals surface area contributed by atoms with Crippen LogP contribution in [0.25, 0.3) is 0 Å². The molecule has 6 heteroatoms. The Labute approximate surface area is 118 Å². The number of carbonyl (C=O) groups excluding carboxylic acids is 1. The normalized spacial score (nSPS) is 12.0. The number of methoxy groups -OCH3 is 1. The van der Waals surface area contributed by atoms with E-state index in [0.29, 0.717) is 18.9 Å². The molecule has 1 amide bonds. The molecule has 0 saturated heterocycles. The molecule has 0 saturated carbocycles. The number of rotatable bonds is 8. The minimum Gasteiger partial charge on any atom is -0.483 e. The van der Waals surface area contributed by atoms with Gasteiger partial charge in [0.15, 0.2) is 6.61 Å². The van der Waals surface area contributed by atoms with Gasteiger partial charge < -0.3 is 20.1 Å². The zero-order valence-corrected chi connectivity index (χ0v) is 12.0. The highest BCUT2D eigenvalue weighted by Crippen LogP contribution is 2.25. The SMILES string of the molecule is CNC(C)c1ccc(F)cc1OCC(=O)NCCOC. The molecule has 5 nitrogen and oxygen atoms in total. The highest BCUT2D eigenvalue weighted by atomic mass is 19.1. The van der Waals surface area contributed by atoms with E-state index in [1.54, 1.807) is 20.2 Å². The molecule has 1 unspecified atom stereocenters. The average molecular weight is 284 g/mol. The monoisotopic (exact) mass is 284 g/mol. The number of amides is 1. The first-order valence-corrected chi connectivity index (χ1v) is 6.43. The summed E-state index contributed by atoms with van der Waals surface area (Å²) < 4.78 is 23.5. The van der Waals surface area contributed by atoms with E-state index in [2.05, 4.69) is 10.6 Å². The lowest BCUT2D eigenvalue weighted by Crippen LogP contribution is -2.31. The average Bonchev–Trinajstić information content (AvgIpc) is 2.44. The predicted molar refractivity (Wildman–Crippen MR) is 74.3 cm³/mol. The van der Waals surface area contributed by atoms with Crippen LogP contribution >= 0.6 is 0 Å². The summed E-state index contributed by atoms with van der Waals surface area (Å²) in [5, 5.41) is 5.68. The number of halogens is 1. The van der Waals surface area contributed by atoms with Crippen LogP contribution in [0.2, 0.25) is 0 Å². The molecule has 0 heterocycles. The van der Waals surface area contributed by atoms with Crippen LogP contribution in [-0.4, -0.2) is 39.8 Å². The summed E-state index contributed by atoms with van der Waals surface area (Å²) in [6.07, 6.45) is 0. The number of hydrogen-bond donors (Lipinski definition) is 2. The van der Waals surface area contributed by atoms with Gasteiger partial charge in [-0.1, -0.05) is 6.07 Å². The molecular formula is C14H21FN2O3. The molecule has 2 N–H and O–H groups in total. The summed E-state index contributed by atoms with van der Waals surface area (Å²) in [6, 6.07) is 4.30. The van der Waals surface area contributed by atoms with E-state index in [1.165, 1.54) is 12.1 Å². The van der Waals surface area contributed by atoms with Crippen LogP contribution < -0.4 is 15.4 Å². The molecule has 20 heavy (non-hydrogen) atoms. The van der Waals surface area contributed by atoms with E-state index in [0.717, 1.165) is 5.56 Å². The van der Waals surface area contributed by atoms with Crippen molar-refractivity contribution in [2.24, 2.45) is 0 Å². The molecule has 0 aliphatic heterocycles. The van der Waals surface area contributed by atoms with Crippen molar-refractivity contribution in [3.63, 3.8) is 0 Å². The van der Waals surface area contributed by atoms with E-state index in [9.17, 15) is 9.18 Å². The van der Waals surface area contributed by atoms with Gasteiger partial charge in [0.1, 0.15) is 11.6 Å². The van der Waals surface area contributed by atoms with Crippen LogP contribution in [0.1, 0.15) is 18.5 Å². The van der Waals surface area contributed by atoms with Gasteiger partial charge in [0.05, 0.1) is 6.61 Å². The molecule has 1 aromatic carbocycles. The number of carbonyl (C=O) groups is 1. The zero-order valence-electron chi connectivity index (χ0n) is 12.0. The molecule has 112 valence electrons. The molecule has 0 aliphatic rings. The Morgan fingerprint density at radius 3 is 2.85 bits per heavy atom. The second kappa shape index (κ2) is 8.50. The molecule has 0 aliphatic carbocycles. The van der Waals surface area contributed by atoms with Gasteiger partial charge in [-0.3, -0.25) is 4.79 Å². The first-order chi connectivity index (χ1) is 9.58. The summed E-state index contributed by atoms with van der Waals surface area (Å²) in [6.45, 7) is 2.63. The van der Waals surface area contributed by atoms with E-state index in [1.807, 2.05) is 6.92 Å². The third-order valence-electron chi connectivity index (χ3n) is 2.86. The summed E-state index contributed by atoms with van der Waals surface area (Å²) >= 11 is 0. The third-order valence-corrected chi connectivity index (χ3v) is 2.86. The highest BCUT2D eigenvalue weighted by Gasteiger charge is 2.12. The van der Waals surface area contributed by atoms with Crippen molar-refractivity contribution in [2.45, 2.75) is 13.0 Å². The molecule has 1 atom stereocenters. The lowest BCUT2D eigenvalue weighted by Gasteiger charge is -2.16. The molecule has 0 bridgehead atoms. The summed E-state index contributed by atoms with van der Waals surface area (Å²) in [4.78, 5) is 11.5. The van der Waals surface area contributed by atoms with Gasteiger partial charge in [-0.05, 0) is 20.0 Å². The first kappa shape index (κ1) is 16.4. The van der Waals surface area contributed by atoms with Crippen LogP contribution in [0.5, 0.6) is 5.75 Å². The van der Waals surface area contributed by atoms with Crippen LogP contribution in [0, 0.1) is 5.82 Å². The Kier molecular flexibility index (Phi) is 6.97. The second-order valence-corrected chi connectivity index (χ2v) is 4.32. The van der Waals surface area contributed by atoms with Crippen molar-refractivity contribution in [3.8, 4) is 5.75 Å². The van der Waals surface area contributed by atoms with Crippen molar-refractivity contribution in [2.75, 3.05) is 33.9 Å². The maximum absolute atomic E-state index is 13.3. The van der Waals surface area contributed by atoms with Gasteiger partial charge in [-0.2, -0.15) is 0 Å². The molecule has 0 aromatic heterocycles. The maximum Gasteiger partial charge on any atom is 0.258 e. The maximum atomic E-state index is 13.3. The fourth-order valence-corrected chi connectivity index (χ4v) is 1.63. The Morgan fingerprint density at radius 1 is 1.45 bits per heavy atom. The quantitative estimate of drug-likeness (QED) is 0.705. The van der Waals surface area contributed by atoms with E-state index in [-0.39, 0.29) is 18.6 Å². The van der Waals surface area contributed by atoms with E-state index >= 15 is 0 Å². The van der Waals surface area contributed by atoms with Crippen molar-refractivity contribution in [3.05, 3.63) is 29.6 Å². The van der Waals surface area contributed by atoms with Crippen molar-refractivity contribution in [1.82, 2.24) is 10.6 Å². The molecule has 0 spiro atoms. The Morgan fingerprint density at radius 2 is 2.20 bits per heavy atom. The van der Waals surface area contributed by atoms with Crippen molar-refractivity contribution < 1.29 is 18.7 Å². The lowest BCUT2D eigenvalue weighted by molar-refractivity contribution is -0.123. The minimum absolute atomic E-state index is 0.00199. The Balaban J connectivity index is 2.62. The topological polar surface area (TPSA) is 59.6 Å². The van der Waals surface area contributed by atoms with Gasteiger partial charge in [0.2, 0.25) is 0 Å². The minimum atomic E-state index is -0.396. The third kappa shape index (κ3) is 5.14. The van der Waals surface area contributed by atoms with Crippen molar-refractivity contribution in [1.29, 1.82) is 0 Å². The molecule has 0 radical (unpaired) electrons. The fraction of sp³-hybridized carbons (Fsp3) is 0.500. The predicted octanol–water partition coefficient (Wildman–Crippen LogP) is 1.25. The Hall–Kier alpha value is -1.66. The van der Waals surface area contributed by atoms with Gasteiger partial charge in [0.25, 0.3) is 5.91 Å². The molecule has 1 aromatic rings. The van der Waals surface area contributed by atoms with Crippen LogP contribution in [0.15, 0.2) is 18.2 Å². The highest BCUT2D eigenvalue weighted by molar-refractivity contribution is 5.77. The van der Waals surface area contributed by atoms with Gasteiger partial charge >= 0.3 is 0 Å². The smallest absolute Gasteiger partial charge is 0.258 e. The number of nitrogens with one attached hydrogen (secondary N) is 2. The van der Waals surface area contributed by atoms with Crippen molar-refractivity contribution >= 4 is 5.91 Å². The van der Waals surface area contributed by atoms with Gasteiger partial charge in [-0.25, -0.2) is 4.39 Å². The summed E-state index contributed by atoms with van der Waals surface area (Å²) in [5.41, 5.74) is 0.804. The molecule has 1 rings (SSSR count).